The zero-order chi connectivity index (χ0) is 7.68. The van der Waals surface area contributed by atoms with Crippen LogP contribution in [0, 0.1) is 6.92 Å². The first-order valence-corrected chi connectivity index (χ1v) is 3.51. The summed E-state index contributed by atoms with van der Waals surface area (Å²) < 4.78 is 0. The number of allylic oxidation sites excluding steroid dienone is 1. The Balaban J connectivity index is 3.03. The Morgan fingerprint density at radius 3 is 3.27 bits per heavy atom. The third kappa shape index (κ3) is 1.03. The molecule has 0 spiro atoms. The van der Waals surface area contributed by atoms with E-state index in [1.54, 1.807) is 0 Å². The van der Waals surface area contributed by atoms with Gasteiger partial charge in [-0.05, 0) is 30.7 Å². The highest BCUT2D eigenvalue weighted by Crippen LogP contribution is 1.83. The second-order valence-corrected chi connectivity index (χ2v) is 2.55. The third-order valence-corrected chi connectivity index (χ3v) is 1.59. The number of rotatable bonds is 0. The Bertz CT molecular complexity index is 470. The van der Waals surface area contributed by atoms with E-state index >= 15 is 0 Å². The fourth-order valence-corrected chi connectivity index (χ4v) is 1.05. The summed E-state index contributed by atoms with van der Waals surface area (Å²) in [5, 5.41) is 2.02. The number of aromatic nitrogens is 1. The van der Waals surface area contributed by atoms with Gasteiger partial charge in [0, 0.05) is 6.20 Å². The van der Waals surface area contributed by atoms with Crippen molar-refractivity contribution in [3.63, 3.8) is 0 Å². The van der Waals surface area contributed by atoms with E-state index in [0.29, 0.717) is 0 Å². The quantitative estimate of drug-likeness (QED) is 0.473. The summed E-state index contributed by atoms with van der Waals surface area (Å²) in [5.74, 6) is 0. The zero-order valence-corrected chi connectivity index (χ0v) is 6.26. The van der Waals surface area contributed by atoms with Crippen molar-refractivity contribution in [2.75, 3.05) is 0 Å². The minimum Gasteiger partial charge on any atom is -0.255 e. The molecular formula is C10H7N. The first-order chi connectivity index (χ1) is 5.36. The highest BCUT2D eigenvalue weighted by atomic mass is 14.6. The van der Waals surface area contributed by atoms with Crippen molar-refractivity contribution in [2.45, 2.75) is 6.92 Å². The van der Waals surface area contributed by atoms with E-state index < -0.39 is 0 Å². The molecule has 2 rings (SSSR count). The molecule has 0 bridgehead atoms. The molecule has 11 heavy (non-hydrogen) atoms. The number of pyridine rings is 1. The molecule has 0 radical (unpaired) electrons. The van der Waals surface area contributed by atoms with Gasteiger partial charge in [0.15, 0.2) is 0 Å². The Morgan fingerprint density at radius 1 is 1.45 bits per heavy atom. The van der Waals surface area contributed by atoms with Gasteiger partial charge in [0.05, 0.1) is 10.6 Å². The summed E-state index contributed by atoms with van der Waals surface area (Å²) in [6, 6.07) is 2.05. The Labute approximate surface area is 64.7 Å². The maximum atomic E-state index is 4.23. The van der Waals surface area contributed by atoms with Gasteiger partial charge in [-0.3, -0.25) is 4.98 Å². The predicted octanol–water partition coefficient (Wildman–Crippen LogP) is 0.275. The van der Waals surface area contributed by atoms with Crippen molar-refractivity contribution in [1.29, 1.82) is 0 Å². The van der Waals surface area contributed by atoms with Crippen LogP contribution in [-0.2, 0) is 0 Å². The normalized spacial score (nSPS) is 11.7. The molecule has 0 N–H and O–H groups in total. The Morgan fingerprint density at radius 2 is 2.36 bits per heavy atom. The number of hydrogen-bond acceptors (Lipinski definition) is 1. The van der Waals surface area contributed by atoms with E-state index in [1.807, 2.05) is 25.3 Å². The minimum absolute atomic E-state index is 0.981. The number of nitrogens with zero attached hydrogens (tertiary/aromatic N) is 1. The Hall–Kier alpha value is -1.55. The van der Waals surface area contributed by atoms with Crippen LogP contribution in [0.2, 0.25) is 0 Å². The third-order valence-electron chi connectivity index (χ3n) is 1.59. The van der Waals surface area contributed by atoms with E-state index in [1.165, 1.54) is 0 Å². The lowest BCUT2D eigenvalue weighted by Crippen LogP contribution is -2.27. The fourth-order valence-electron chi connectivity index (χ4n) is 1.05. The van der Waals surface area contributed by atoms with Gasteiger partial charge >= 0.3 is 0 Å². The van der Waals surface area contributed by atoms with Crippen LogP contribution in [0.3, 0.4) is 0 Å². The second-order valence-electron chi connectivity index (χ2n) is 2.55. The summed E-state index contributed by atoms with van der Waals surface area (Å²) in [6.07, 6.45) is 5.62. The van der Waals surface area contributed by atoms with Crippen LogP contribution < -0.4 is 10.6 Å². The first-order valence-electron chi connectivity index (χ1n) is 3.51. The van der Waals surface area contributed by atoms with Crippen molar-refractivity contribution in [3.05, 3.63) is 40.2 Å². The van der Waals surface area contributed by atoms with Crippen molar-refractivity contribution in [3.8, 4) is 0 Å². The first kappa shape index (κ1) is 6.18. The van der Waals surface area contributed by atoms with Crippen LogP contribution in [0.5, 0.6) is 0 Å². The lowest BCUT2D eigenvalue weighted by molar-refractivity contribution is 1.18. The summed E-state index contributed by atoms with van der Waals surface area (Å²) in [5.41, 5.74) is 7.06. The van der Waals surface area contributed by atoms with Gasteiger partial charge in [-0.1, -0.05) is 11.5 Å². The maximum absolute atomic E-state index is 4.23. The average Bonchev–Trinajstić information content (AvgIpc) is 2.04. The van der Waals surface area contributed by atoms with E-state index in [0.717, 1.165) is 16.1 Å². The van der Waals surface area contributed by atoms with Gasteiger partial charge in [0.1, 0.15) is 0 Å². The molecule has 0 unspecified atom stereocenters. The van der Waals surface area contributed by atoms with Crippen LogP contribution >= 0.6 is 0 Å². The van der Waals surface area contributed by atoms with Crippen LogP contribution in [0.4, 0.5) is 0 Å². The molecule has 1 nitrogen and oxygen atoms in total. The molecule has 1 heterocycles. The van der Waals surface area contributed by atoms with E-state index in [9.17, 15) is 0 Å². The Kier molecular flexibility index (Phi) is 1.26. The lowest BCUT2D eigenvalue weighted by Gasteiger charge is -1.90. The molecule has 0 aromatic carbocycles. The van der Waals surface area contributed by atoms with Crippen LogP contribution in [0.15, 0.2) is 24.1 Å². The molecular weight excluding hydrogens is 134 g/mol. The van der Waals surface area contributed by atoms with Crippen LogP contribution in [0.25, 0.3) is 11.8 Å². The molecule has 1 heteroatoms. The fraction of sp³-hybridized carbons (Fsp3) is 0.100. The molecule has 0 saturated carbocycles. The molecule has 0 saturated heterocycles. The van der Waals surface area contributed by atoms with Gasteiger partial charge in [-0.15, -0.1) is 0 Å². The lowest BCUT2D eigenvalue weighted by atomic mass is 10.2. The van der Waals surface area contributed by atoms with Crippen molar-refractivity contribution < 1.29 is 0 Å². The monoisotopic (exact) mass is 141 g/mol. The highest BCUT2D eigenvalue weighted by Gasteiger charge is 1.87. The average molecular weight is 141 g/mol. The molecule has 1 aliphatic rings. The minimum atomic E-state index is 0.981. The largest absolute Gasteiger partial charge is 0.255 e. The zero-order valence-electron chi connectivity index (χ0n) is 6.26. The topological polar surface area (TPSA) is 12.9 Å². The number of hydrogen-bond donors (Lipinski definition) is 0. The molecule has 0 fully saturated rings. The summed E-state index contributed by atoms with van der Waals surface area (Å²) in [4.78, 5) is 4.23. The molecule has 0 aliphatic heterocycles. The molecule has 0 atom stereocenters. The number of aryl methyl sites for hydroxylation is 1. The van der Waals surface area contributed by atoms with Gasteiger partial charge in [0.2, 0.25) is 0 Å². The van der Waals surface area contributed by atoms with Gasteiger partial charge < -0.3 is 0 Å². The van der Waals surface area contributed by atoms with Crippen LogP contribution in [0.1, 0.15) is 5.56 Å². The van der Waals surface area contributed by atoms with Crippen LogP contribution in [-0.4, -0.2) is 4.98 Å². The van der Waals surface area contributed by atoms with Gasteiger partial charge in [0.25, 0.3) is 0 Å². The number of fused-ring (bicyclic) bond motifs is 1. The van der Waals surface area contributed by atoms with Crippen molar-refractivity contribution >= 4 is 11.8 Å². The van der Waals surface area contributed by atoms with Gasteiger partial charge in [-0.2, -0.15) is 0 Å². The maximum Gasteiger partial charge on any atom is 0.0792 e. The SMILES string of the molecule is Cc1cnc2c(c1)=C=C=CC=2. The standard InChI is InChI=1S/C10H7N/c1-8-6-9-4-2-3-5-10(9)11-7-8/h3,5-7H,1H3. The molecule has 52 valence electrons. The van der Waals surface area contributed by atoms with E-state index in [-0.39, 0.29) is 0 Å². The molecule has 1 aliphatic carbocycles. The second kappa shape index (κ2) is 2.25. The highest BCUT2D eigenvalue weighted by molar-refractivity contribution is 5.42. The van der Waals surface area contributed by atoms with E-state index in [4.69, 9.17) is 0 Å². The van der Waals surface area contributed by atoms with Crippen molar-refractivity contribution in [2.24, 2.45) is 0 Å². The van der Waals surface area contributed by atoms with Gasteiger partial charge in [-0.25, -0.2) is 0 Å². The van der Waals surface area contributed by atoms with Crippen molar-refractivity contribution in [1.82, 2.24) is 4.98 Å². The summed E-state index contributed by atoms with van der Waals surface area (Å²) in [6.45, 7) is 2.02. The smallest absolute Gasteiger partial charge is 0.0792 e. The predicted molar refractivity (Wildman–Crippen MR) is 44.2 cm³/mol. The molecule has 1 aromatic heterocycles. The van der Waals surface area contributed by atoms with E-state index in [2.05, 4.69) is 22.5 Å². The summed E-state index contributed by atoms with van der Waals surface area (Å²) in [7, 11) is 0. The summed E-state index contributed by atoms with van der Waals surface area (Å²) >= 11 is 0. The molecule has 0 amide bonds. The molecule has 1 aromatic rings.